The van der Waals surface area contributed by atoms with E-state index in [0.29, 0.717) is 11.1 Å². The minimum absolute atomic E-state index is 0.314. The highest BCUT2D eigenvalue weighted by molar-refractivity contribution is 5.82. The molecular weight excluding hydrogens is 210 g/mol. The number of hydrogen-bond donors (Lipinski definition) is 2. The average molecular weight is 219 g/mol. The summed E-state index contributed by atoms with van der Waals surface area (Å²) in [6, 6.07) is 7.83. The first kappa shape index (κ1) is 11.7. The predicted octanol–water partition coefficient (Wildman–Crippen LogP) is 1.20. The molecule has 0 heterocycles. The van der Waals surface area contributed by atoms with Crippen LogP contribution in [0.2, 0.25) is 0 Å². The van der Waals surface area contributed by atoms with Crippen LogP contribution in [0.4, 0.5) is 0 Å². The quantitative estimate of drug-likeness (QED) is 0.792. The monoisotopic (exact) mass is 219 g/mol. The smallest absolute Gasteiger partial charge is 0.311 e. The molecule has 82 valence electrons. The van der Waals surface area contributed by atoms with Crippen molar-refractivity contribution in [2.45, 2.75) is 12.3 Å². The highest BCUT2D eigenvalue weighted by atomic mass is 16.4. The minimum Gasteiger partial charge on any atom is -0.481 e. The molecule has 1 unspecified atom stereocenters. The largest absolute Gasteiger partial charge is 0.481 e. The van der Waals surface area contributed by atoms with Gasteiger partial charge in [-0.25, -0.2) is 0 Å². The molecule has 5 nitrogen and oxygen atoms in total. The molecule has 0 amide bonds. The summed E-state index contributed by atoms with van der Waals surface area (Å²) in [5.74, 6) is -3.52. The normalized spacial score (nSPS) is 11.4. The fraction of sp³-hybridized carbons (Fsp3) is 0.182. The van der Waals surface area contributed by atoms with Crippen LogP contribution in [0.1, 0.15) is 23.5 Å². The number of carbonyl (C=O) groups is 2. The standard InChI is InChI=1S/C11H9NO4/c12-6-7-2-1-3-8(4-7)9(11(15)16)5-10(13)14/h1-4,9H,5H2,(H,13,14)(H,15,16). The molecule has 0 aliphatic heterocycles. The van der Waals surface area contributed by atoms with Crippen molar-refractivity contribution in [3.63, 3.8) is 0 Å². The zero-order chi connectivity index (χ0) is 12.1. The van der Waals surface area contributed by atoms with E-state index in [0.717, 1.165) is 0 Å². The van der Waals surface area contributed by atoms with Gasteiger partial charge >= 0.3 is 11.9 Å². The number of hydrogen-bond acceptors (Lipinski definition) is 3. The first-order valence-electron chi connectivity index (χ1n) is 4.49. The molecule has 0 radical (unpaired) electrons. The van der Waals surface area contributed by atoms with Gasteiger partial charge in [-0.3, -0.25) is 9.59 Å². The van der Waals surface area contributed by atoms with Gasteiger partial charge in [-0.1, -0.05) is 12.1 Å². The minimum atomic E-state index is -1.21. The van der Waals surface area contributed by atoms with E-state index >= 15 is 0 Å². The van der Waals surface area contributed by atoms with Crippen LogP contribution in [-0.4, -0.2) is 22.2 Å². The Morgan fingerprint density at radius 3 is 2.56 bits per heavy atom. The zero-order valence-electron chi connectivity index (χ0n) is 8.25. The average Bonchev–Trinajstić information content (AvgIpc) is 2.25. The van der Waals surface area contributed by atoms with Gasteiger partial charge in [0.2, 0.25) is 0 Å². The van der Waals surface area contributed by atoms with Crippen molar-refractivity contribution in [1.82, 2.24) is 0 Å². The second kappa shape index (κ2) is 4.94. The highest BCUT2D eigenvalue weighted by Gasteiger charge is 2.23. The molecule has 0 fully saturated rings. The van der Waals surface area contributed by atoms with E-state index in [1.54, 1.807) is 0 Å². The fourth-order valence-electron chi connectivity index (χ4n) is 1.35. The van der Waals surface area contributed by atoms with E-state index in [1.807, 2.05) is 6.07 Å². The topological polar surface area (TPSA) is 98.4 Å². The molecule has 1 aromatic rings. The predicted molar refractivity (Wildman–Crippen MR) is 53.8 cm³/mol. The Bertz CT molecular complexity index is 461. The summed E-state index contributed by atoms with van der Waals surface area (Å²) >= 11 is 0. The van der Waals surface area contributed by atoms with Crippen LogP contribution in [0.5, 0.6) is 0 Å². The molecule has 1 atom stereocenters. The summed E-state index contributed by atoms with van der Waals surface area (Å²) in [6.07, 6.45) is -0.496. The van der Waals surface area contributed by atoms with Gasteiger partial charge in [0.1, 0.15) is 0 Å². The first-order valence-corrected chi connectivity index (χ1v) is 4.49. The van der Waals surface area contributed by atoms with Crippen molar-refractivity contribution in [2.24, 2.45) is 0 Å². The Balaban J connectivity index is 3.06. The number of nitrogens with zero attached hydrogens (tertiary/aromatic N) is 1. The molecule has 0 spiro atoms. The van der Waals surface area contributed by atoms with Gasteiger partial charge in [-0.05, 0) is 17.7 Å². The lowest BCUT2D eigenvalue weighted by atomic mass is 9.94. The van der Waals surface area contributed by atoms with E-state index in [2.05, 4.69) is 0 Å². The summed E-state index contributed by atoms with van der Waals surface area (Å²) in [7, 11) is 0. The Morgan fingerprint density at radius 1 is 1.38 bits per heavy atom. The summed E-state index contributed by atoms with van der Waals surface area (Å²) in [6.45, 7) is 0. The van der Waals surface area contributed by atoms with Gasteiger partial charge in [0.15, 0.2) is 0 Å². The molecule has 2 N–H and O–H groups in total. The molecular formula is C11H9NO4. The lowest BCUT2D eigenvalue weighted by Gasteiger charge is -2.09. The van der Waals surface area contributed by atoms with E-state index in [9.17, 15) is 9.59 Å². The molecule has 0 bridgehead atoms. The molecule has 5 heteroatoms. The lowest BCUT2D eigenvalue weighted by molar-refractivity contribution is -0.145. The van der Waals surface area contributed by atoms with Crippen LogP contribution in [0.3, 0.4) is 0 Å². The third kappa shape index (κ3) is 2.82. The van der Waals surface area contributed by atoms with Crippen molar-refractivity contribution in [3.05, 3.63) is 35.4 Å². The van der Waals surface area contributed by atoms with Crippen molar-refractivity contribution in [2.75, 3.05) is 0 Å². The molecule has 0 saturated carbocycles. The van der Waals surface area contributed by atoms with Crippen LogP contribution in [0.15, 0.2) is 24.3 Å². The second-order valence-electron chi connectivity index (χ2n) is 3.23. The second-order valence-corrected chi connectivity index (χ2v) is 3.23. The molecule has 1 aromatic carbocycles. The summed E-state index contributed by atoms with van der Waals surface area (Å²) < 4.78 is 0. The van der Waals surface area contributed by atoms with E-state index in [1.165, 1.54) is 24.3 Å². The van der Waals surface area contributed by atoms with Gasteiger partial charge < -0.3 is 10.2 Å². The molecule has 0 aliphatic carbocycles. The maximum atomic E-state index is 10.9. The number of carboxylic acid groups (broad SMARTS) is 2. The lowest BCUT2D eigenvalue weighted by Crippen LogP contribution is -2.15. The Hall–Kier alpha value is -2.35. The maximum Gasteiger partial charge on any atom is 0.311 e. The molecule has 16 heavy (non-hydrogen) atoms. The number of benzene rings is 1. The number of aliphatic carboxylic acids is 2. The van der Waals surface area contributed by atoms with Gasteiger partial charge in [0.05, 0.1) is 24.0 Å². The fourth-order valence-corrected chi connectivity index (χ4v) is 1.35. The van der Waals surface area contributed by atoms with Gasteiger partial charge in [0.25, 0.3) is 0 Å². The number of carboxylic acids is 2. The molecule has 0 aromatic heterocycles. The van der Waals surface area contributed by atoms with Gasteiger partial charge in [-0.15, -0.1) is 0 Å². The first-order chi connectivity index (χ1) is 7.54. The van der Waals surface area contributed by atoms with Crippen LogP contribution in [0.25, 0.3) is 0 Å². The van der Waals surface area contributed by atoms with Crippen LogP contribution >= 0.6 is 0 Å². The van der Waals surface area contributed by atoms with E-state index in [4.69, 9.17) is 15.5 Å². The van der Waals surface area contributed by atoms with Crippen LogP contribution in [0, 0.1) is 11.3 Å². The SMILES string of the molecule is N#Cc1cccc(C(CC(=O)O)C(=O)O)c1. The third-order valence-corrected chi connectivity index (χ3v) is 2.09. The van der Waals surface area contributed by atoms with Crippen molar-refractivity contribution in [3.8, 4) is 6.07 Å². The van der Waals surface area contributed by atoms with Crippen LogP contribution in [-0.2, 0) is 9.59 Å². The number of rotatable bonds is 4. The van der Waals surface area contributed by atoms with Crippen molar-refractivity contribution >= 4 is 11.9 Å². The van der Waals surface area contributed by atoms with Crippen molar-refractivity contribution in [1.29, 1.82) is 5.26 Å². The van der Waals surface area contributed by atoms with Crippen LogP contribution < -0.4 is 0 Å². The zero-order valence-corrected chi connectivity index (χ0v) is 8.25. The van der Waals surface area contributed by atoms with E-state index in [-0.39, 0.29) is 0 Å². The Labute approximate surface area is 91.6 Å². The van der Waals surface area contributed by atoms with Crippen molar-refractivity contribution < 1.29 is 19.8 Å². The number of nitriles is 1. The summed E-state index contributed by atoms with van der Waals surface area (Å²) in [4.78, 5) is 21.4. The third-order valence-electron chi connectivity index (χ3n) is 2.09. The summed E-state index contributed by atoms with van der Waals surface area (Å²) in [5, 5.41) is 26.1. The Kier molecular flexibility index (Phi) is 3.62. The Morgan fingerprint density at radius 2 is 2.06 bits per heavy atom. The van der Waals surface area contributed by atoms with Gasteiger partial charge in [-0.2, -0.15) is 5.26 Å². The van der Waals surface area contributed by atoms with E-state index < -0.39 is 24.3 Å². The highest BCUT2D eigenvalue weighted by Crippen LogP contribution is 2.20. The maximum absolute atomic E-state index is 10.9. The molecule has 1 rings (SSSR count). The summed E-state index contributed by atoms with van der Waals surface area (Å²) in [5.41, 5.74) is 0.642. The molecule has 0 saturated heterocycles. The van der Waals surface area contributed by atoms with Gasteiger partial charge in [0, 0.05) is 0 Å². The molecule has 0 aliphatic rings.